The fraction of sp³-hybridized carbons (Fsp3) is 0.927. The lowest BCUT2D eigenvalue weighted by atomic mass is 9.99. The molecule has 1 atom stereocenters. The molecule has 0 spiro atoms. The van der Waals surface area contributed by atoms with E-state index in [0.717, 1.165) is 18.8 Å². The highest BCUT2D eigenvalue weighted by molar-refractivity contribution is 5.69. The van der Waals surface area contributed by atoms with E-state index in [1.807, 2.05) is 0 Å². The molecule has 0 aliphatic carbocycles. The average molecular weight is 605 g/mol. The van der Waals surface area contributed by atoms with Crippen LogP contribution in [0, 0.1) is 5.92 Å². The van der Waals surface area contributed by atoms with Gasteiger partial charge in [0, 0.05) is 6.42 Å². The largest absolute Gasteiger partial charge is 0.466 e. The zero-order valence-electron chi connectivity index (χ0n) is 30.1. The number of rotatable bonds is 36. The van der Waals surface area contributed by atoms with Gasteiger partial charge in [-0.3, -0.25) is 4.79 Å². The summed E-state index contributed by atoms with van der Waals surface area (Å²) in [6.07, 6.45) is 48.5. The molecule has 0 saturated heterocycles. The molecule has 43 heavy (non-hydrogen) atoms. The van der Waals surface area contributed by atoms with E-state index < -0.39 is 0 Å². The minimum atomic E-state index is 0.0225. The second kappa shape index (κ2) is 37.4. The number of hydrogen-bond acceptors (Lipinski definition) is 2. The van der Waals surface area contributed by atoms with Gasteiger partial charge in [0.25, 0.3) is 0 Å². The third-order valence-electron chi connectivity index (χ3n) is 9.44. The summed E-state index contributed by atoms with van der Waals surface area (Å²) in [5.41, 5.74) is 0. The Bertz CT molecular complexity index is 554. The standard InChI is InChI=1S/C41H80O2/c1-4-6-7-8-9-10-11-12-13-14-17-20-23-26-29-32-35-38-41(42)43-39-36-33-30-27-24-21-18-15-16-19-22-25-28-31-34-37-40(3)5-2/h12-13,40H,4-11,14-39H2,1-3H3. The van der Waals surface area contributed by atoms with Crippen molar-refractivity contribution in [3.8, 4) is 0 Å². The summed E-state index contributed by atoms with van der Waals surface area (Å²) in [4.78, 5) is 12.0. The molecule has 0 fully saturated rings. The Labute approximate surface area is 272 Å². The Kier molecular flexibility index (Phi) is 36.7. The highest BCUT2D eigenvalue weighted by Gasteiger charge is 2.03. The first-order valence-corrected chi connectivity index (χ1v) is 20.0. The molecular weight excluding hydrogens is 524 g/mol. The van der Waals surface area contributed by atoms with E-state index in [1.165, 1.54) is 193 Å². The third-order valence-corrected chi connectivity index (χ3v) is 9.44. The molecule has 0 aliphatic rings. The third kappa shape index (κ3) is 37.3. The molecule has 0 amide bonds. The Hall–Kier alpha value is -0.790. The molecule has 0 saturated carbocycles. The first kappa shape index (κ1) is 42.2. The van der Waals surface area contributed by atoms with Crippen molar-refractivity contribution in [2.45, 2.75) is 233 Å². The molecule has 0 radical (unpaired) electrons. The number of esters is 1. The SMILES string of the molecule is CCCCCCCCC=CCCCCCCCCCC(=O)OCCCCCCCCCCCCCCCCCC(C)CC. The van der Waals surface area contributed by atoms with Gasteiger partial charge in [-0.05, 0) is 44.4 Å². The van der Waals surface area contributed by atoms with Crippen molar-refractivity contribution in [2.24, 2.45) is 5.92 Å². The van der Waals surface area contributed by atoms with Crippen molar-refractivity contribution in [2.75, 3.05) is 6.61 Å². The minimum Gasteiger partial charge on any atom is -0.466 e. The summed E-state index contributed by atoms with van der Waals surface area (Å²) in [5.74, 6) is 0.950. The lowest BCUT2D eigenvalue weighted by Gasteiger charge is -2.07. The number of unbranched alkanes of at least 4 members (excludes halogenated alkanes) is 27. The molecule has 1 unspecified atom stereocenters. The Morgan fingerprint density at radius 2 is 0.860 bits per heavy atom. The Morgan fingerprint density at radius 3 is 1.30 bits per heavy atom. The summed E-state index contributed by atoms with van der Waals surface area (Å²) < 4.78 is 5.46. The topological polar surface area (TPSA) is 26.3 Å². The van der Waals surface area contributed by atoms with Crippen LogP contribution in [0.15, 0.2) is 12.2 Å². The van der Waals surface area contributed by atoms with Gasteiger partial charge in [0.05, 0.1) is 6.61 Å². The molecule has 0 aromatic carbocycles. The second-order valence-electron chi connectivity index (χ2n) is 13.9. The van der Waals surface area contributed by atoms with Crippen molar-refractivity contribution in [3.63, 3.8) is 0 Å². The summed E-state index contributed by atoms with van der Waals surface area (Å²) in [7, 11) is 0. The van der Waals surface area contributed by atoms with Crippen LogP contribution in [0.25, 0.3) is 0 Å². The van der Waals surface area contributed by atoms with Crippen LogP contribution in [0.2, 0.25) is 0 Å². The maximum absolute atomic E-state index is 12.0. The Balaban J connectivity index is 3.19. The number of ether oxygens (including phenoxy) is 1. The van der Waals surface area contributed by atoms with Crippen LogP contribution in [0.4, 0.5) is 0 Å². The molecule has 0 bridgehead atoms. The van der Waals surface area contributed by atoms with E-state index in [2.05, 4.69) is 32.9 Å². The summed E-state index contributed by atoms with van der Waals surface area (Å²) in [5, 5.41) is 0. The molecule has 2 nitrogen and oxygen atoms in total. The number of hydrogen-bond donors (Lipinski definition) is 0. The van der Waals surface area contributed by atoms with Gasteiger partial charge in [0.1, 0.15) is 0 Å². The maximum atomic E-state index is 12.0. The van der Waals surface area contributed by atoms with Crippen LogP contribution in [0.3, 0.4) is 0 Å². The van der Waals surface area contributed by atoms with Crippen molar-refractivity contribution < 1.29 is 9.53 Å². The van der Waals surface area contributed by atoms with Gasteiger partial charge in [-0.25, -0.2) is 0 Å². The fourth-order valence-corrected chi connectivity index (χ4v) is 6.05. The molecule has 0 heterocycles. The van der Waals surface area contributed by atoms with Gasteiger partial charge in [-0.2, -0.15) is 0 Å². The molecule has 0 aromatic heterocycles. The van der Waals surface area contributed by atoms with E-state index in [-0.39, 0.29) is 5.97 Å². The predicted molar refractivity (Wildman–Crippen MR) is 193 cm³/mol. The van der Waals surface area contributed by atoms with Gasteiger partial charge in [0.15, 0.2) is 0 Å². The lowest BCUT2D eigenvalue weighted by molar-refractivity contribution is -0.143. The molecule has 256 valence electrons. The molecule has 0 aromatic rings. The monoisotopic (exact) mass is 605 g/mol. The van der Waals surface area contributed by atoms with Crippen LogP contribution >= 0.6 is 0 Å². The lowest BCUT2D eigenvalue weighted by Crippen LogP contribution is -2.05. The molecule has 0 rings (SSSR count). The van der Waals surface area contributed by atoms with Crippen LogP contribution in [-0.4, -0.2) is 12.6 Å². The zero-order chi connectivity index (χ0) is 31.3. The van der Waals surface area contributed by atoms with Gasteiger partial charge in [0.2, 0.25) is 0 Å². The highest BCUT2D eigenvalue weighted by Crippen LogP contribution is 2.16. The highest BCUT2D eigenvalue weighted by atomic mass is 16.5. The van der Waals surface area contributed by atoms with Crippen LogP contribution < -0.4 is 0 Å². The smallest absolute Gasteiger partial charge is 0.305 e. The van der Waals surface area contributed by atoms with Gasteiger partial charge in [-0.1, -0.05) is 200 Å². The van der Waals surface area contributed by atoms with Gasteiger partial charge >= 0.3 is 5.97 Å². The van der Waals surface area contributed by atoms with Crippen molar-refractivity contribution in [1.82, 2.24) is 0 Å². The summed E-state index contributed by atoms with van der Waals surface area (Å²) >= 11 is 0. The number of carbonyl (C=O) groups excluding carboxylic acids is 1. The van der Waals surface area contributed by atoms with Gasteiger partial charge < -0.3 is 4.74 Å². The molecule has 0 N–H and O–H groups in total. The van der Waals surface area contributed by atoms with E-state index in [4.69, 9.17) is 4.74 Å². The number of allylic oxidation sites excluding steroid dienone is 2. The van der Waals surface area contributed by atoms with E-state index in [0.29, 0.717) is 13.0 Å². The molecular formula is C41H80O2. The van der Waals surface area contributed by atoms with Crippen LogP contribution in [0.5, 0.6) is 0 Å². The van der Waals surface area contributed by atoms with Crippen molar-refractivity contribution in [1.29, 1.82) is 0 Å². The van der Waals surface area contributed by atoms with Crippen molar-refractivity contribution in [3.05, 3.63) is 12.2 Å². The van der Waals surface area contributed by atoms with Crippen LogP contribution in [-0.2, 0) is 9.53 Å². The second-order valence-corrected chi connectivity index (χ2v) is 13.9. The molecule has 2 heteroatoms. The van der Waals surface area contributed by atoms with E-state index in [1.54, 1.807) is 0 Å². The Morgan fingerprint density at radius 1 is 0.488 bits per heavy atom. The first-order valence-electron chi connectivity index (χ1n) is 20.0. The van der Waals surface area contributed by atoms with E-state index >= 15 is 0 Å². The normalized spacial score (nSPS) is 12.3. The molecule has 0 aliphatic heterocycles. The number of carbonyl (C=O) groups is 1. The average Bonchev–Trinajstić information content (AvgIpc) is 3.01. The summed E-state index contributed by atoms with van der Waals surface area (Å²) in [6.45, 7) is 7.62. The van der Waals surface area contributed by atoms with Crippen molar-refractivity contribution >= 4 is 5.97 Å². The zero-order valence-corrected chi connectivity index (χ0v) is 30.1. The predicted octanol–water partition coefficient (Wildman–Crippen LogP) is 14.6. The minimum absolute atomic E-state index is 0.0225. The summed E-state index contributed by atoms with van der Waals surface area (Å²) in [6, 6.07) is 0. The van der Waals surface area contributed by atoms with E-state index in [9.17, 15) is 4.79 Å². The first-order chi connectivity index (χ1) is 21.2. The fourth-order valence-electron chi connectivity index (χ4n) is 6.05. The maximum Gasteiger partial charge on any atom is 0.305 e. The van der Waals surface area contributed by atoms with Gasteiger partial charge in [-0.15, -0.1) is 0 Å². The quantitative estimate of drug-likeness (QED) is 0.0404. The van der Waals surface area contributed by atoms with Crippen LogP contribution in [0.1, 0.15) is 233 Å².